The maximum atomic E-state index is 15.6. The molecule has 1 amide bonds. The number of likely N-dealkylation sites (tertiary alicyclic amines) is 2. The van der Waals surface area contributed by atoms with Gasteiger partial charge in [0.25, 0.3) is 5.91 Å². The lowest BCUT2D eigenvalue weighted by Crippen LogP contribution is -2.54. The number of aromatic nitrogens is 2. The fourth-order valence-corrected chi connectivity index (χ4v) is 4.89. The summed E-state index contributed by atoms with van der Waals surface area (Å²) in [6.07, 6.45) is 5.47. The first-order valence-electron chi connectivity index (χ1n) is 11.5. The van der Waals surface area contributed by atoms with Gasteiger partial charge in [-0.3, -0.25) is 9.69 Å². The summed E-state index contributed by atoms with van der Waals surface area (Å²) in [7, 11) is 1.84. The van der Waals surface area contributed by atoms with Gasteiger partial charge in [-0.1, -0.05) is 28.7 Å². The van der Waals surface area contributed by atoms with Crippen LogP contribution in [-0.2, 0) is 15.8 Å². The van der Waals surface area contributed by atoms with Gasteiger partial charge in [-0.25, -0.2) is 14.4 Å². The number of piperidine rings is 2. The van der Waals surface area contributed by atoms with Crippen molar-refractivity contribution in [1.29, 1.82) is 0 Å². The van der Waals surface area contributed by atoms with E-state index in [0.717, 1.165) is 27.9 Å². The lowest BCUT2D eigenvalue weighted by atomic mass is 9.90. The van der Waals surface area contributed by atoms with Crippen LogP contribution in [0.5, 0.6) is 5.88 Å². The minimum Gasteiger partial charge on any atom is -0.474 e. The first-order chi connectivity index (χ1) is 16.0. The molecule has 0 saturated carbocycles. The van der Waals surface area contributed by atoms with Crippen LogP contribution in [0.25, 0.3) is 0 Å². The van der Waals surface area contributed by atoms with E-state index >= 15 is 4.39 Å². The number of nitrogens with zero attached hydrogens (tertiary/aromatic N) is 4. The Kier molecular flexibility index (Phi) is 8.00. The second-order valence-corrected chi connectivity index (χ2v) is 9.55. The number of halogens is 2. The zero-order chi connectivity index (χ0) is 23.3. The van der Waals surface area contributed by atoms with Crippen LogP contribution in [0.4, 0.5) is 10.2 Å². The van der Waals surface area contributed by atoms with Crippen molar-refractivity contribution >= 4 is 34.3 Å². The Morgan fingerprint density at radius 1 is 1.18 bits per heavy atom. The number of rotatable bonds is 7. The van der Waals surface area contributed by atoms with Crippen molar-refractivity contribution in [3.63, 3.8) is 0 Å². The second kappa shape index (κ2) is 10.9. The molecule has 0 bridgehead atoms. The maximum Gasteiger partial charge on any atom is 0.260 e. The number of nitrogens with one attached hydrogen (secondary N) is 1. The van der Waals surface area contributed by atoms with E-state index in [9.17, 15) is 4.79 Å². The van der Waals surface area contributed by atoms with E-state index < -0.39 is 5.67 Å². The fourth-order valence-electron chi connectivity index (χ4n) is 4.44. The Morgan fingerprint density at radius 2 is 1.94 bits per heavy atom. The molecule has 2 aliphatic rings. The van der Waals surface area contributed by atoms with E-state index in [1.54, 1.807) is 11.1 Å². The smallest absolute Gasteiger partial charge is 0.260 e. The zero-order valence-electron chi connectivity index (χ0n) is 19.0. The van der Waals surface area contributed by atoms with Crippen LogP contribution in [0.15, 0.2) is 36.7 Å². The van der Waals surface area contributed by atoms with Crippen LogP contribution in [0.1, 0.15) is 36.8 Å². The normalized spacial score (nSPS) is 19.3. The van der Waals surface area contributed by atoms with Gasteiger partial charge in [-0.2, -0.15) is 0 Å². The summed E-state index contributed by atoms with van der Waals surface area (Å²) in [6.45, 7) is 2.91. The molecular weight excluding hydrogens is 536 g/mol. The van der Waals surface area contributed by atoms with E-state index in [2.05, 4.69) is 42.8 Å². The van der Waals surface area contributed by atoms with Crippen LogP contribution in [-0.4, -0.2) is 70.7 Å². The molecular formula is C24H31FIN5O2. The van der Waals surface area contributed by atoms with Crippen molar-refractivity contribution in [3.05, 3.63) is 47.8 Å². The van der Waals surface area contributed by atoms with Crippen LogP contribution in [0.2, 0.25) is 0 Å². The number of anilines is 1. The lowest BCUT2D eigenvalue weighted by molar-refractivity contribution is -0.149. The molecule has 0 radical (unpaired) electrons. The quantitative estimate of drug-likeness (QED) is 0.406. The number of amides is 1. The predicted octanol–water partition coefficient (Wildman–Crippen LogP) is 3.83. The van der Waals surface area contributed by atoms with Gasteiger partial charge >= 0.3 is 0 Å². The van der Waals surface area contributed by atoms with E-state index in [4.69, 9.17) is 4.74 Å². The Bertz CT molecular complexity index is 929. The molecule has 9 heteroatoms. The van der Waals surface area contributed by atoms with Crippen molar-refractivity contribution in [3.8, 4) is 5.88 Å². The fraction of sp³-hybridized carbons (Fsp3) is 0.542. The molecule has 0 aromatic carbocycles. The predicted molar refractivity (Wildman–Crippen MR) is 134 cm³/mol. The summed E-state index contributed by atoms with van der Waals surface area (Å²) < 4.78 is 22.5. The molecule has 0 aliphatic carbocycles. The van der Waals surface area contributed by atoms with E-state index in [0.29, 0.717) is 44.9 Å². The van der Waals surface area contributed by atoms with Crippen molar-refractivity contribution in [1.82, 2.24) is 19.8 Å². The molecule has 4 rings (SSSR count). The highest BCUT2D eigenvalue weighted by molar-refractivity contribution is 14.1. The average Bonchev–Trinajstić information content (AvgIpc) is 2.86. The molecule has 2 aromatic rings. The molecule has 1 N–H and O–H groups in total. The van der Waals surface area contributed by atoms with Crippen molar-refractivity contribution in [2.24, 2.45) is 0 Å². The molecule has 0 spiro atoms. The van der Waals surface area contributed by atoms with Gasteiger partial charge in [0, 0.05) is 88.3 Å². The molecule has 0 atom stereocenters. The van der Waals surface area contributed by atoms with Crippen LogP contribution in [0.3, 0.4) is 0 Å². The SMILES string of the molecule is CNc1cc(CN2CCC(F)(C(=O)N3CCC(Oc4ccc(CI)cn4)CC3)CC2)ccn1. The number of carbonyl (C=O) groups excluding carboxylic acids is 1. The van der Waals surface area contributed by atoms with Gasteiger partial charge in [-0.05, 0) is 23.3 Å². The number of alkyl halides is 2. The third kappa shape index (κ3) is 6.11. The Balaban J connectivity index is 1.24. The van der Waals surface area contributed by atoms with Gasteiger partial charge in [0.2, 0.25) is 5.88 Å². The monoisotopic (exact) mass is 567 g/mol. The summed E-state index contributed by atoms with van der Waals surface area (Å²) in [6, 6.07) is 7.88. The highest BCUT2D eigenvalue weighted by Crippen LogP contribution is 2.31. The van der Waals surface area contributed by atoms with Crippen LogP contribution >= 0.6 is 22.6 Å². The topological polar surface area (TPSA) is 70.6 Å². The van der Waals surface area contributed by atoms with Crippen LogP contribution < -0.4 is 10.1 Å². The van der Waals surface area contributed by atoms with Gasteiger partial charge in [0.05, 0.1) is 0 Å². The van der Waals surface area contributed by atoms with Gasteiger partial charge in [-0.15, -0.1) is 0 Å². The molecule has 4 heterocycles. The largest absolute Gasteiger partial charge is 0.474 e. The molecule has 2 fully saturated rings. The number of carbonyl (C=O) groups is 1. The summed E-state index contributed by atoms with van der Waals surface area (Å²) in [5.74, 6) is 1.07. The minimum absolute atomic E-state index is 0.00674. The summed E-state index contributed by atoms with van der Waals surface area (Å²) in [5.41, 5.74) is 0.522. The summed E-state index contributed by atoms with van der Waals surface area (Å²) >= 11 is 2.30. The van der Waals surface area contributed by atoms with Crippen molar-refractivity contribution in [2.75, 3.05) is 38.5 Å². The van der Waals surface area contributed by atoms with Gasteiger partial charge in [0.1, 0.15) is 11.9 Å². The first kappa shape index (κ1) is 24.1. The van der Waals surface area contributed by atoms with E-state index in [1.165, 1.54) is 0 Å². The van der Waals surface area contributed by atoms with Crippen LogP contribution in [0, 0.1) is 0 Å². The van der Waals surface area contributed by atoms with Gasteiger partial charge in [0.15, 0.2) is 5.67 Å². The highest BCUT2D eigenvalue weighted by atomic mass is 127. The maximum absolute atomic E-state index is 15.6. The minimum atomic E-state index is -1.77. The Labute approximate surface area is 208 Å². The Morgan fingerprint density at radius 3 is 2.58 bits per heavy atom. The number of hydrogen-bond acceptors (Lipinski definition) is 6. The van der Waals surface area contributed by atoms with E-state index in [-0.39, 0.29) is 24.9 Å². The third-order valence-electron chi connectivity index (χ3n) is 6.49. The first-order valence-corrected chi connectivity index (χ1v) is 13.0. The molecule has 0 unspecified atom stereocenters. The summed E-state index contributed by atoms with van der Waals surface area (Å²) in [4.78, 5) is 25.5. The third-order valence-corrected chi connectivity index (χ3v) is 7.37. The van der Waals surface area contributed by atoms with Gasteiger partial charge < -0.3 is 15.0 Å². The molecule has 2 aromatic heterocycles. The van der Waals surface area contributed by atoms with Crippen molar-refractivity contribution in [2.45, 2.75) is 48.4 Å². The number of pyridine rings is 2. The zero-order valence-corrected chi connectivity index (χ0v) is 21.1. The molecule has 2 aliphatic heterocycles. The number of hydrogen-bond donors (Lipinski definition) is 1. The molecule has 178 valence electrons. The van der Waals surface area contributed by atoms with E-state index in [1.807, 2.05) is 37.5 Å². The highest BCUT2D eigenvalue weighted by Gasteiger charge is 2.44. The molecule has 7 nitrogen and oxygen atoms in total. The second-order valence-electron chi connectivity index (χ2n) is 8.79. The Hall–Kier alpha value is -2.01. The molecule has 33 heavy (non-hydrogen) atoms. The summed E-state index contributed by atoms with van der Waals surface area (Å²) in [5, 5.41) is 3.04. The average molecular weight is 567 g/mol. The molecule has 2 saturated heterocycles. The standard InChI is InChI=1S/C24H31FIN5O2/c1-27-21-14-18(4-9-28-21)17-30-12-7-24(25,8-13-30)23(32)31-10-5-20(6-11-31)33-22-3-2-19(15-26)16-29-22/h2-4,9,14,16,20H,5-8,10-13,15,17H2,1H3,(H,27,28). The number of ether oxygens (including phenoxy) is 1. The van der Waals surface area contributed by atoms with Crippen molar-refractivity contribution < 1.29 is 13.9 Å². The lowest BCUT2D eigenvalue weighted by Gasteiger charge is -2.40.